The monoisotopic (exact) mass is 441 g/mol. The minimum absolute atomic E-state index is 0.0316. The number of hydrogen-bond donors (Lipinski definition) is 1. The second-order valence-corrected chi connectivity index (χ2v) is 7.47. The van der Waals surface area contributed by atoms with E-state index in [4.69, 9.17) is 18.9 Å². The maximum Gasteiger partial charge on any atom is 0.339 e. The molecule has 1 N–H and O–H groups in total. The van der Waals surface area contributed by atoms with Crippen LogP contribution in [-0.4, -0.2) is 62.3 Å². The molecule has 0 saturated carbocycles. The number of ketones is 1. The molecule has 0 atom stereocenters. The Morgan fingerprint density at radius 1 is 1.09 bits per heavy atom. The number of fused-ring (bicyclic) bond motifs is 1. The van der Waals surface area contributed by atoms with Crippen LogP contribution in [0.2, 0.25) is 0 Å². The lowest BCUT2D eigenvalue weighted by Crippen LogP contribution is -2.25. The van der Waals surface area contributed by atoms with Crippen molar-refractivity contribution in [3.63, 3.8) is 0 Å². The standard InChI is InChI=1S/C23H23NO8/c1-24-19-13-20(18(23(27)28)12-17(19)21(25)22(24)26)32-16-4-2-14(3-5-16)30-10-11-31-15-6-8-29-9-7-15/h2-5,12-13,15H,6-11H2,1H3,(H,27,28). The maximum absolute atomic E-state index is 12.0. The molecule has 2 aromatic carbocycles. The molecular weight excluding hydrogens is 418 g/mol. The summed E-state index contributed by atoms with van der Waals surface area (Å²) in [7, 11) is 1.45. The number of carboxylic acid groups (broad SMARTS) is 1. The molecule has 0 bridgehead atoms. The Hall–Kier alpha value is -3.43. The van der Waals surface area contributed by atoms with Gasteiger partial charge in [0.1, 0.15) is 29.4 Å². The molecule has 9 nitrogen and oxygen atoms in total. The third kappa shape index (κ3) is 4.58. The largest absolute Gasteiger partial charge is 0.491 e. The first-order chi connectivity index (χ1) is 15.4. The van der Waals surface area contributed by atoms with Crippen LogP contribution in [0.5, 0.6) is 17.2 Å². The number of anilines is 1. The highest BCUT2D eigenvalue weighted by Gasteiger charge is 2.35. The molecule has 0 radical (unpaired) electrons. The Morgan fingerprint density at radius 3 is 2.47 bits per heavy atom. The molecule has 1 fully saturated rings. The summed E-state index contributed by atoms with van der Waals surface area (Å²) >= 11 is 0. The first-order valence-corrected chi connectivity index (χ1v) is 10.3. The molecule has 2 heterocycles. The SMILES string of the molecule is CN1C(=O)C(=O)c2cc(C(=O)O)c(Oc3ccc(OCCOC4CCOCC4)cc3)cc21. The maximum atomic E-state index is 12.0. The van der Waals surface area contributed by atoms with Crippen molar-refractivity contribution in [3.8, 4) is 17.2 Å². The van der Waals surface area contributed by atoms with E-state index in [0.29, 0.717) is 30.4 Å². The molecule has 0 aromatic heterocycles. The first-order valence-electron chi connectivity index (χ1n) is 10.3. The highest BCUT2D eigenvalue weighted by molar-refractivity contribution is 6.52. The van der Waals surface area contributed by atoms with Crippen molar-refractivity contribution < 1.29 is 38.4 Å². The summed E-state index contributed by atoms with van der Waals surface area (Å²) in [5, 5.41) is 9.52. The molecule has 0 spiro atoms. The number of carbonyl (C=O) groups excluding carboxylic acids is 2. The molecule has 0 aliphatic carbocycles. The summed E-state index contributed by atoms with van der Waals surface area (Å²) in [6.45, 7) is 2.33. The number of ether oxygens (including phenoxy) is 4. The Kier molecular flexibility index (Phi) is 6.38. The van der Waals surface area contributed by atoms with Gasteiger partial charge >= 0.3 is 5.97 Å². The van der Waals surface area contributed by atoms with Crippen LogP contribution in [0.4, 0.5) is 5.69 Å². The molecule has 9 heteroatoms. The van der Waals surface area contributed by atoms with Crippen molar-refractivity contribution in [2.24, 2.45) is 0 Å². The van der Waals surface area contributed by atoms with Crippen molar-refractivity contribution in [1.29, 1.82) is 0 Å². The van der Waals surface area contributed by atoms with E-state index in [0.717, 1.165) is 26.1 Å². The molecule has 1 saturated heterocycles. The Bertz CT molecular complexity index is 1030. The van der Waals surface area contributed by atoms with Crippen molar-refractivity contribution in [2.45, 2.75) is 18.9 Å². The summed E-state index contributed by atoms with van der Waals surface area (Å²) in [4.78, 5) is 36.8. The normalized spacial score (nSPS) is 16.2. The van der Waals surface area contributed by atoms with Crippen LogP contribution in [0.1, 0.15) is 33.6 Å². The quantitative estimate of drug-likeness (QED) is 0.492. The predicted molar refractivity (Wildman–Crippen MR) is 113 cm³/mol. The van der Waals surface area contributed by atoms with Gasteiger partial charge in [0, 0.05) is 26.3 Å². The fourth-order valence-electron chi connectivity index (χ4n) is 3.60. The number of Topliss-reactive ketones (excluding diaryl/α,β-unsaturated/α-hetero) is 1. The van der Waals surface area contributed by atoms with Gasteiger partial charge in [0.15, 0.2) is 0 Å². The Morgan fingerprint density at radius 2 is 1.78 bits per heavy atom. The van der Waals surface area contributed by atoms with Crippen LogP contribution in [0.25, 0.3) is 0 Å². The number of rotatable bonds is 8. The minimum Gasteiger partial charge on any atom is -0.491 e. The van der Waals surface area contributed by atoms with Gasteiger partial charge in [-0.2, -0.15) is 0 Å². The van der Waals surface area contributed by atoms with Crippen LogP contribution in [0.15, 0.2) is 36.4 Å². The second-order valence-electron chi connectivity index (χ2n) is 7.47. The van der Waals surface area contributed by atoms with Gasteiger partial charge in [-0.25, -0.2) is 4.79 Å². The summed E-state index contributed by atoms with van der Waals surface area (Å²) in [6.07, 6.45) is 2.00. The van der Waals surface area contributed by atoms with Crippen LogP contribution in [-0.2, 0) is 14.3 Å². The van der Waals surface area contributed by atoms with E-state index in [1.807, 2.05) is 0 Å². The van der Waals surface area contributed by atoms with Gasteiger partial charge in [-0.05, 0) is 43.2 Å². The van der Waals surface area contributed by atoms with Crippen LogP contribution in [0.3, 0.4) is 0 Å². The van der Waals surface area contributed by atoms with E-state index in [1.54, 1.807) is 24.3 Å². The van der Waals surface area contributed by atoms with Crippen molar-refractivity contribution >= 4 is 23.3 Å². The van der Waals surface area contributed by atoms with Gasteiger partial charge in [-0.3, -0.25) is 9.59 Å². The minimum atomic E-state index is -1.26. The molecule has 2 aliphatic rings. The number of carboxylic acids is 1. The third-order valence-corrected chi connectivity index (χ3v) is 5.36. The topological polar surface area (TPSA) is 112 Å². The van der Waals surface area contributed by atoms with Crippen molar-refractivity contribution in [2.75, 3.05) is 38.4 Å². The van der Waals surface area contributed by atoms with Crippen LogP contribution < -0.4 is 14.4 Å². The van der Waals surface area contributed by atoms with Gasteiger partial charge in [0.2, 0.25) is 0 Å². The fourth-order valence-corrected chi connectivity index (χ4v) is 3.60. The number of amides is 1. The van der Waals surface area contributed by atoms with Gasteiger partial charge in [-0.1, -0.05) is 0 Å². The smallest absolute Gasteiger partial charge is 0.339 e. The molecule has 2 aromatic rings. The molecule has 168 valence electrons. The van der Waals surface area contributed by atoms with E-state index >= 15 is 0 Å². The lowest BCUT2D eigenvalue weighted by Gasteiger charge is -2.22. The molecule has 1 amide bonds. The van der Waals surface area contributed by atoms with E-state index in [9.17, 15) is 19.5 Å². The lowest BCUT2D eigenvalue weighted by atomic mass is 10.1. The van der Waals surface area contributed by atoms with Crippen molar-refractivity contribution in [3.05, 3.63) is 47.5 Å². The molecule has 2 aliphatic heterocycles. The lowest BCUT2D eigenvalue weighted by molar-refractivity contribution is -0.114. The highest BCUT2D eigenvalue weighted by atomic mass is 16.5. The average Bonchev–Trinajstić information content (AvgIpc) is 3.01. The van der Waals surface area contributed by atoms with Crippen LogP contribution in [0, 0.1) is 0 Å². The summed E-state index contributed by atoms with van der Waals surface area (Å²) in [6, 6.07) is 9.26. The zero-order chi connectivity index (χ0) is 22.7. The van der Waals surface area contributed by atoms with E-state index in [2.05, 4.69) is 0 Å². The summed E-state index contributed by atoms with van der Waals surface area (Å²) < 4.78 is 22.5. The number of hydrogen-bond acceptors (Lipinski definition) is 7. The predicted octanol–water partition coefficient (Wildman–Crippen LogP) is 2.91. The average molecular weight is 441 g/mol. The molecule has 0 unspecified atom stereocenters. The third-order valence-electron chi connectivity index (χ3n) is 5.36. The van der Waals surface area contributed by atoms with Crippen molar-refractivity contribution in [1.82, 2.24) is 0 Å². The number of benzene rings is 2. The van der Waals surface area contributed by atoms with Gasteiger partial charge in [0.25, 0.3) is 11.7 Å². The molecule has 32 heavy (non-hydrogen) atoms. The zero-order valence-electron chi connectivity index (χ0n) is 17.5. The molecular formula is C23H23NO8. The number of likely N-dealkylation sites (N-methyl/N-ethyl adjacent to an activating group) is 1. The molecule has 4 rings (SSSR count). The van der Waals surface area contributed by atoms with E-state index in [-0.39, 0.29) is 23.0 Å². The number of nitrogens with zero attached hydrogens (tertiary/aromatic N) is 1. The first kappa shape index (κ1) is 21.8. The number of aromatic carboxylic acids is 1. The highest BCUT2D eigenvalue weighted by Crippen LogP contribution is 2.36. The van der Waals surface area contributed by atoms with Gasteiger partial charge in [-0.15, -0.1) is 0 Å². The van der Waals surface area contributed by atoms with E-state index in [1.165, 1.54) is 24.1 Å². The Balaban J connectivity index is 1.39. The van der Waals surface area contributed by atoms with Gasteiger partial charge < -0.3 is 29.0 Å². The summed E-state index contributed by atoms with van der Waals surface area (Å²) in [5.41, 5.74) is 0.157. The fraction of sp³-hybridized carbons (Fsp3) is 0.348. The Labute approximate surface area is 184 Å². The number of carbonyl (C=O) groups is 3. The van der Waals surface area contributed by atoms with E-state index < -0.39 is 17.7 Å². The zero-order valence-corrected chi connectivity index (χ0v) is 17.5. The van der Waals surface area contributed by atoms with Gasteiger partial charge in [0.05, 0.1) is 24.0 Å². The van der Waals surface area contributed by atoms with Crippen LogP contribution >= 0.6 is 0 Å². The second kappa shape index (κ2) is 9.37. The summed E-state index contributed by atoms with van der Waals surface area (Å²) in [5.74, 6) is -1.67.